The van der Waals surface area contributed by atoms with Crippen LogP contribution in [0.4, 0.5) is 11.4 Å². The highest BCUT2D eigenvalue weighted by atomic mass is 35.5. The lowest BCUT2D eigenvalue weighted by molar-refractivity contribution is -0.115. The Morgan fingerprint density at radius 1 is 1.12 bits per heavy atom. The molecule has 1 atom stereocenters. The van der Waals surface area contributed by atoms with Crippen LogP contribution in [0.15, 0.2) is 42.5 Å². The van der Waals surface area contributed by atoms with Gasteiger partial charge in [-0.25, -0.2) is 0 Å². The number of anilines is 2. The zero-order chi connectivity index (χ0) is 23.1. The van der Waals surface area contributed by atoms with E-state index in [1.807, 2.05) is 12.1 Å². The summed E-state index contributed by atoms with van der Waals surface area (Å²) < 4.78 is 0. The van der Waals surface area contributed by atoms with Gasteiger partial charge in [0.05, 0.1) is 5.56 Å². The van der Waals surface area contributed by atoms with E-state index in [1.54, 1.807) is 13.0 Å². The summed E-state index contributed by atoms with van der Waals surface area (Å²) in [4.78, 5) is 29.8. The first-order valence-electron chi connectivity index (χ1n) is 11.3. The Balaban J connectivity index is 1.83. The first-order valence-corrected chi connectivity index (χ1v) is 11.8. The summed E-state index contributed by atoms with van der Waals surface area (Å²) in [6.45, 7) is 10.7. The number of likely N-dealkylation sites (N-methyl/N-ethyl adjacent to an activating group) is 1. The third-order valence-corrected chi connectivity index (χ3v) is 6.15. The second kappa shape index (κ2) is 11.3. The second-order valence-electron chi connectivity index (χ2n) is 8.06. The number of rotatable bonds is 9. The van der Waals surface area contributed by atoms with Crippen LogP contribution in [0.2, 0.25) is 0 Å². The number of benzene rings is 2. The van der Waals surface area contributed by atoms with Crippen molar-refractivity contribution in [3.63, 3.8) is 0 Å². The lowest BCUT2D eigenvalue weighted by Gasteiger charge is -2.32. The van der Waals surface area contributed by atoms with Gasteiger partial charge in [-0.1, -0.05) is 38.1 Å². The second-order valence-corrected chi connectivity index (χ2v) is 8.71. The van der Waals surface area contributed by atoms with Gasteiger partial charge in [0.25, 0.3) is 5.91 Å². The lowest BCUT2D eigenvalue weighted by atomic mass is 9.98. The zero-order valence-electron chi connectivity index (χ0n) is 19.2. The van der Waals surface area contributed by atoms with Gasteiger partial charge in [0, 0.05) is 37.6 Å². The Kier molecular flexibility index (Phi) is 8.53. The minimum Gasteiger partial charge on any atom is -0.366 e. The van der Waals surface area contributed by atoms with E-state index < -0.39 is 5.38 Å². The van der Waals surface area contributed by atoms with E-state index in [0.717, 1.165) is 44.8 Å². The van der Waals surface area contributed by atoms with Gasteiger partial charge < -0.3 is 20.4 Å². The van der Waals surface area contributed by atoms with Crippen molar-refractivity contribution in [2.45, 2.75) is 39.1 Å². The van der Waals surface area contributed by atoms with Crippen LogP contribution < -0.4 is 15.5 Å². The maximum Gasteiger partial charge on any atom is 0.253 e. The molecule has 0 aromatic heterocycles. The number of hydrogen-bond donors (Lipinski definition) is 2. The Morgan fingerprint density at radius 2 is 1.84 bits per heavy atom. The SMILES string of the molecule is CCN(CC)CCNC(=O)c1cc(NC(=O)C(C)Cl)ccc1N1CCc2ccccc2C1. The van der Waals surface area contributed by atoms with Gasteiger partial charge in [-0.15, -0.1) is 11.6 Å². The molecule has 1 aliphatic heterocycles. The molecule has 1 aliphatic rings. The average molecular weight is 457 g/mol. The highest BCUT2D eigenvalue weighted by Gasteiger charge is 2.22. The smallest absolute Gasteiger partial charge is 0.253 e. The van der Waals surface area contributed by atoms with E-state index in [1.165, 1.54) is 11.1 Å². The summed E-state index contributed by atoms with van der Waals surface area (Å²) in [5.41, 5.74) is 4.63. The van der Waals surface area contributed by atoms with Crippen LogP contribution in [0.3, 0.4) is 0 Å². The summed E-state index contributed by atoms with van der Waals surface area (Å²) >= 11 is 5.90. The van der Waals surface area contributed by atoms with Gasteiger partial charge in [0.15, 0.2) is 0 Å². The van der Waals surface area contributed by atoms with E-state index in [-0.39, 0.29) is 11.8 Å². The number of fused-ring (bicyclic) bond motifs is 1. The summed E-state index contributed by atoms with van der Waals surface area (Å²) in [6, 6.07) is 13.9. The van der Waals surface area contributed by atoms with Gasteiger partial charge in [0.1, 0.15) is 5.38 Å². The van der Waals surface area contributed by atoms with Crippen LogP contribution in [0.5, 0.6) is 0 Å². The molecule has 0 fully saturated rings. The highest BCUT2D eigenvalue weighted by Crippen LogP contribution is 2.29. The molecule has 0 spiro atoms. The van der Waals surface area contributed by atoms with E-state index in [0.29, 0.717) is 17.8 Å². The van der Waals surface area contributed by atoms with Crippen LogP contribution in [0.1, 0.15) is 42.3 Å². The standard InChI is InChI=1S/C25H33ClN4O2/c1-4-29(5-2)15-13-27-25(32)22-16-21(28-24(31)18(3)26)10-11-23(22)30-14-12-19-8-6-7-9-20(19)17-30/h6-11,16,18H,4-5,12-15,17H2,1-3H3,(H,27,32)(H,28,31). The summed E-state index contributed by atoms with van der Waals surface area (Å²) in [7, 11) is 0. The van der Waals surface area contributed by atoms with Crippen LogP contribution in [0.25, 0.3) is 0 Å². The van der Waals surface area contributed by atoms with Crippen LogP contribution in [-0.4, -0.2) is 54.8 Å². The van der Waals surface area contributed by atoms with Gasteiger partial charge in [-0.3, -0.25) is 9.59 Å². The highest BCUT2D eigenvalue weighted by molar-refractivity contribution is 6.32. The maximum atomic E-state index is 13.2. The number of hydrogen-bond acceptors (Lipinski definition) is 4. The van der Waals surface area contributed by atoms with Crippen molar-refractivity contribution in [1.29, 1.82) is 0 Å². The number of carbonyl (C=O) groups excluding carboxylic acids is 2. The molecule has 0 aliphatic carbocycles. The fourth-order valence-corrected chi connectivity index (χ4v) is 4.03. The van der Waals surface area contributed by atoms with E-state index in [9.17, 15) is 9.59 Å². The third kappa shape index (κ3) is 6.02. The molecule has 2 aromatic carbocycles. The van der Waals surface area contributed by atoms with Gasteiger partial charge >= 0.3 is 0 Å². The monoisotopic (exact) mass is 456 g/mol. The number of nitrogens with zero attached hydrogens (tertiary/aromatic N) is 2. The van der Waals surface area contributed by atoms with Crippen molar-refractivity contribution >= 4 is 34.8 Å². The van der Waals surface area contributed by atoms with Gasteiger partial charge in [0.2, 0.25) is 5.91 Å². The molecule has 172 valence electrons. The molecule has 7 heteroatoms. The number of nitrogens with one attached hydrogen (secondary N) is 2. The predicted molar refractivity (Wildman–Crippen MR) is 132 cm³/mol. The Morgan fingerprint density at radius 3 is 2.53 bits per heavy atom. The number of carbonyl (C=O) groups is 2. The molecule has 32 heavy (non-hydrogen) atoms. The lowest BCUT2D eigenvalue weighted by Crippen LogP contribution is -2.36. The number of halogens is 1. The molecule has 0 saturated heterocycles. The third-order valence-electron chi connectivity index (χ3n) is 5.95. The Hall–Kier alpha value is -2.57. The number of alkyl halides is 1. The van der Waals surface area contributed by atoms with E-state index in [4.69, 9.17) is 11.6 Å². The predicted octanol–water partition coefficient (Wildman–Crippen LogP) is 3.89. The molecular formula is C25H33ClN4O2. The molecule has 1 heterocycles. The quantitative estimate of drug-likeness (QED) is 0.562. The van der Waals surface area contributed by atoms with Crippen molar-refractivity contribution < 1.29 is 9.59 Å². The first-order chi connectivity index (χ1) is 15.4. The zero-order valence-corrected chi connectivity index (χ0v) is 19.9. The van der Waals surface area contributed by atoms with Crippen molar-refractivity contribution in [2.24, 2.45) is 0 Å². The van der Waals surface area contributed by atoms with Crippen molar-refractivity contribution in [3.05, 3.63) is 59.2 Å². The molecule has 2 amide bonds. The van der Waals surface area contributed by atoms with Crippen molar-refractivity contribution in [1.82, 2.24) is 10.2 Å². The molecule has 2 N–H and O–H groups in total. The summed E-state index contributed by atoms with van der Waals surface area (Å²) in [5, 5.41) is 5.20. The molecule has 0 radical (unpaired) electrons. The van der Waals surface area contributed by atoms with Crippen molar-refractivity contribution in [3.8, 4) is 0 Å². The van der Waals surface area contributed by atoms with Gasteiger partial charge in [-0.05, 0) is 55.8 Å². The minimum atomic E-state index is -0.653. The molecule has 0 bridgehead atoms. The molecule has 2 aromatic rings. The fourth-order valence-electron chi connectivity index (χ4n) is 3.98. The summed E-state index contributed by atoms with van der Waals surface area (Å²) in [6.07, 6.45) is 0.932. The summed E-state index contributed by atoms with van der Waals surface area (Å²) in [5.74, 6) is -0.430. The molecule has 0 saturated carbocycles. The Labute approximate surface area is 195 Å². The van der Waals surface area contributed by atoms with E-state index in [2.05, 4.69) is 58.5 Å². The number of amides is 2. The molecule has 3 rings (SSSR count). The van der Waals surface area contributed by atoms with E-state index >= 15 is 0 Å². The molecular weight excluding hydrogens is 424 g/mol. The normalized spacial score (nSPS) is 14.1. The average Bonchev–Trinajstić information content (AvgIpc) is 2.81. The molecule has 6 nitrogen and oxygen atoms in total. The maximum absolute atomic E-state index is 13.2. The Bertz CT molecular complexity index is 943. The van der Waals surface area contributed by atoms with Gasteiger partial charge in [-0.2, -0.15) is 0 Å². The van der Waals surface area contributed by atoms with Crippen LogP contribution in [-0.2, 0) is 17.8 Å². The minimum absolute atomic E-state index is 0.138. The largest absolute Gasteiger partial charge is 0.366 e. The first kappa shape index (κ1) is 24.1. The fraction of sp³-hybridized carbons (Fsp3) is 0.440. The van der Waals surface area contributed by atoms with Crippen LogP contribution in [0, 0.1) is 0 Å². The van der Waals surface area contributed by atoms with Crippen molar-refractivity contribution in [2.75, 3.05) is 42.9 Å². The molecule has 1 unspecified atom stereocenters. The van der Waals surface area contributed by atoms with Crippen LogP contribution >= 0.6 is 11.6 Å². The topological polar surface area (TPSA) is 64.7 Å².